The van der Waals surface area contributed by atoms with E-state index in [2.05, 4.69) is 15.9 Å². The number of carbonyl (C=O) groups is 1. The quantitative estimate of drug-likeness (QED) is 0.812. The number of rotatable bonds is 2. The highest BCUT2D eigenvalue weighted by molar-refractivity contribution is 9.10. The molecule has 0 heterocycles. The van der Waals surface area contributed by atoms with Crippen LogP contribution in [-0.2, 0) is 0 Å². The van der Waals surface area contributed by atoms with Crippen LogP contribution >= 0.6 is 15.9 Å². The molecule has 0 fully saturated rings. The Balaban J connectivity index is 3.09. The fourth-order valence-corrected chi connectivity index (χ4v) is 1.48. The first-order valence-electron chi connectivity index (χ1n) is 3.77. The third kappa shape index (κ3) is 2.35. The Morgan fingerprint density at radius 1 is 1.62 bits per heavy atom. The van der Waals surface area contributed by atoms with Crippen LogP contribution in [0.4, 0.5) is 4.39 Å². The maximum Gasteiger partial charge on any atom is 0.180 e. The van der Waals surface area contributed by atoms with Gasteiger partial charge in [0.1, 0.15) is 5.82 Å². The number of benzene rings is 1. The van der Waals surface area contributed by atoms with Gasteiger partial charge >= 0.3 is 0 Å². The zero-order chi connectivity index (χ0) is 10.0. The standard InChI is InChI=1S/C9H9BrFNO/c1-5(12)9(13)7-3-2-6(11)4-8(7)10/h2-5H,12H2,1H3. The van der Waals surface area contributed by atoms with Crippen LogP contribution in [0.1, 0.15) is 17.3 Å². The Kier molecular flexibility index (Phi) is 3.17. The number of carbonyl (C=O) groups excluding carboxylic acids is 1. The third-order valence-corrected chi connectivity index (χ3v) is 2.27. The molecule has 4 heteroatoms. The Morgan fingerprint density at radius 2 is 2.23 bits per heavy atom. The van der Waals surface area contributed by atoms with E-state index in [9.17, 15) is 9.18 Å². The summed E-state index contributed by atoms with van der Waals surface area (Å²) in [4.78, 5) is 11.4. The van der Waals surface area contributed by atoms with E-state index in [1.807, 2.05) is 0 Å². The highest BCUT2D eigenvalue weighted by atomic mass is 79.9. The van der Waals surface area contributed by atoms with Crippen molar-refractivity contribution in [3.8, 4) is 0 Å². The van der Waals surface area contributed by atoms with E-state index >= 15 is 0 Å². The first-order chi connectivity index (χ1) is 6.02. The van der Waals surface area contributed by atoms with Gasteiger partial charge in [-0.2, -0.15) is 0 Å². The van der Waals surface area contributed by atoms with Crippen LogP contribution in [0.25, 0.3) is 0 Å². The molecule has 1 aromatic carbocycles. The molecule has 0 saturated carbocycles. The molecule has 1 aromatic rings. The van der Waals surface area contributed by atoms with E-state index in [1.54, 1.807) is 6.92 Å². The van der Waals surface area contributed by atoms with Crippen LogP contribution in [0.3, 0.4) is 0 Å². The minimum atomic E-state index is -0.568. The minimum absolute atomic E-state index is 0.202. The Labute approximate surface area is 84.1 Å². The van der Waals surface area contributed by atoms with Gasteiger partial charge in [-0.05, 0) is 41.1 Å². The fourth-order valence-electron chi connectivity index (χ4n) is 0.935. The van der Waals surface area contributed by atoms with E-state index < -0.39 is 6.04 Å². The van der Waals surface area contributed by atoms with Crippen LogP contribution in [0.15, 0.2) is 22.7 Å². The molecule has 1 atom stereocenters. The molecule has 0 aromatic heterocycles. The van der Waals surface area contributed by atoms with E-state index in [-0.39, 0.29) is 11.6 Å². The monoisotopic (exact) mass is 245 g/mol. The summed E-state index contributed by atoms with van der Waals surface area (Å²) in [6, 6.07) is 3.34. The van der Waals surface area contributed by atoms with Crippen molar-refractivity contribution in [3.63, 3.8) is 0 Å². The van der Waals surface area contributed by atoms with Gasteiger partial charge in [0.15, 0.2) is 5.78 Å². The minimum Gasteiger partial charge on any atom is -0.321 e. The van der Waals surface area contributed by atoms with Crippen molar-refractivity contribution < 1.29 is 9.18 Å². The summed E-state index contributed by atoms with van der Waals surface area (Å²) in [6.07, 6.45) is 0. The second-order valence-corrected chi connectivity index (χ2v) is 3.63. The molecule has 2 N–H and O–H groups in total. The molecule has 0 aliphatic carbocycles. The lowest BCUT2D eigenvalue weighted by Crippen LogP contribution is -2.26. The SMILES string of the molecule is CC(N)C(=O)c1ccc(F)cc1Br. The Morgan fingerprint density at radius 3 is 2.69 bits per heavy atom. The molecule has 0 saturated heterocycles. The van der Waals surface area contributed by atoms with Gasteiger partial charge < -0.3 is 5.73 Å². The summed E-state index contributed by atoms with van der Waals surface area (Å²) in [5.41, 5.74) is 5.82. The van der Waals surface area contributed by atoms with Crippen molar-refractivity contribution in [3.05, 3.63) is 34.1 Å². The first kappa shape index (κ1) is 10.3. The van der Waals surface area contributed by atoms with E-state index in [4.69, 9.17) is 5.73 Å². The van der Waals surface area contributed by atoms with Gasteiger partial charge in [-0.25, -0.2) is 4.39 Å². The molecule has 0 bridgehead atoms. The lowest BCUT2D eigenvalue weighted by atomic mass is 10.1. The molecule has 0 amide bonds. The van der Waals surface area contributed by atoms with Crippen molar-refractivity contribution >= 4 is 21.7 Å². The zero-order valence-electron chi connectivity index (χ0n) is 7.05. The predicted molar refractivity (Wildman–Crippen MR) is 52.1 cm³/mol. The van der Waals surface area contributed by atoms with Crippen LogP contribution in [0.2, 0.25) is 0 Å². The molecule has 0 spiro atoms. The molecular weight excluding hydrogens is 237 g/mol. The van der Waals surface area contributed by atoms with Gasteiger partial charge in [0.2, 0.25) is 0 Å². The molecule has 0 radical (unpaired) electrons. The summed E-state index contributed by atoms with van der Waals surface area (Å²) >= 11 is 3.10. The maximum absolute atomic E-state index is 12.6. The molecule has 1 rings (SSSR count). The molecule has 1 unspecified atom stereocenters. The highest BCUT2D eigenvalue weighted by Gasteiger charge is 2.14. The molecule has 2 nitrogen and oxygen atoms in total. The lowest BCUT2D eigenvalue weighted by molar-refractivity contribution is 0.0967. The van der Waals surface area contributed by atoms with Crippen molar-refractivity contribution in [1.82, 2.24) is 0 Å². The summed E-state index contributed by atoms with van der Waals surface area (Å²) < 4.78 is 13.1. The van der Waals surface area contributed by atoms with Gasteiger partial charge in [-0.15, -0.1) is 0 Å². The van der Waals surface area contributed by atoms with Gasteiger partial charge in [-0.1, -0.05) is 0 Å². The van der Waals surface area contributed by atoms with Gasteiger partial charge in [0.25, 0.3) is 0 Å². The molecule has 13 heavy (non-hydrogen) atoms. The number of ketones is 1. The zero-order valence-corrected chi connectivity index (χ0v) is 8.64. The van der Waals surface area contributed by atoms with Crippen molar-refractivity contribution in [1.29, 1.82) is 0 Å². The maximum atomic E-state index is 12.6. The normalized spacial score (nSPS) is 12.6. The van der Waals surface area contributed by atoms with E-state index in [1.165, 1.54) is 18.2 Å². The van der Waals surface area contributed by atoms with Crippen molar-refractivity contribution in [2.45, 2.75) is 13.0 Å². The van der Waals surface area contributed by atoms with Gasteiger partial charge in [0.05, 0.1) is 6.04 Å². The lowest BCUT2D eigenvalue weighted by Gasteiger charge is -2.05. The Bertz CT molecular complexity index is 338. The van der Waals surface area contributed by atoms with Crippen molar-refractivity contribution in [2.75, 3.05) is 0 Å². The molecule has 0 aliphatic heterocycles. The van der Waals surface area contributed by atoms with Crippen molar-refractivity contribution in [2.24, 2.45) is 5.73 Å². The third-order valence-electron chi connectivity index (χ3n) is 1.61. The van der Waals surface area contributed by atoms with Crippen LogP contribution < -0.4 is 5.73 Å². The molecule has 70 valence electrons. The van der Waals surface area contributed by atoms with Gasteiger partial charge in [0, 0.05) is 10.0 Å². The smallest absolute Gasteiger partial charge is 0.180 e. The number of hydrogen-bond donors (Lipinski definition) is 1. The number of halogens is 2. The average molecular weight is 246 g/mol. The predicted octanol–water partition coefficient (Wildman–Crippen LogP) is 2.12. The summed E-state index contributed by atoms with van der Waals surface area (Å²) in [6.45, 7) is 1.60. The fraction of sp³-hybridized carbons (Fsp3) is 0.222. The second-order valence-electron chi connectivity index (χ2n) is 2.78. The Hall–Kier alpha value is -0.740. The summed E-state index contributed by atoms with van der Waals surface area (Å²) in [5, 5.41) is 0. The average Bonchev–Trinajstić information content (AvgIpc) is 2.03. The summed E-state index contributed by atoms with van der Waals surface area (Å²) in [7, 11) is 0. The van der Waals surface area contributed by atoms with Crippen LogP contribution in [-0.4, -0.2) is 11.8 Å². The topological polar surface area (TPSA) is 43.1 Å². The molecular formula is C9H9BrFNO. The van der Waals surface area contributed by atoms with Gasteiger partial charge in [-0.3, -0.25) is 4.79 Å². The number of Topliss-reactive ketones (excluding diaryl/α,β-unsaturated/α-hetero) is 1. The molecule has 0 aliphatic rings. The first-order valence-corrected chi connectivity index (χ1v) is 4.56. The second kappa shape index (κ2) is 3.98. The van der Waals surface area contributed by atoms with Crippen LogP contribution in [0.5, 0.6) is 0 Å². The highest BCUT2D eigenvalue weighted by Crippen LogP contribution is 2.19. The summed E-state index contributed by atoms with van der Waals surface area (Å²) in [5.74, 6) is -0.583. The van der Waals surface area contributed by atoms with E-state index in [0.29, 0.717) is 10.0 Å². The largest absolute Gasteiger partial charge is 0.321 e. The number of nitrogens with two attached hydrogens (primary N) is 1. The van der Waals surface area contributed by atoms with E-state index in [0.717, 1.165) is 0 Å². The van der Waals surface area contributed by atoms with Crippen LogP contribution in [0, 0.1) is 5.82 Å². The number of hydrogen-bond acceptors (Lipinski definition) is 2.